The van der Waals surface area contributed by atoms with E-state index < -0.39 is 29.4 Å². The number of rotatable bonds is 3. The molecule has 0 aliphatic heterocycles. The summed E-state index contributed by atoms with van der Waals surface area (Å²) in [4.78, 5) is 3.59. The van der Waals surface area contributed by atoms with Gasteiger partial charge in [0.05, 0.1) is 17.8 Å². The van der Waals surface area contributed by atoms with Gasteiger partial charge in [0, 0.05) is 11.8 Å². The molecule has 0 saturated carbocycles. The van der Waals surface area contributed by atoms with Crippen molar-refractivity contribution in [1.82, 2.24) is 10.3 Å². The van der Waals surface area contributed by atoms with Crippen molar-refractivity contribution >= 4 is 0 Å². The third-order valence-corrected chi connectivity index (χ3v) is 3.04. The fourth-order valence-electron chi connectivity index (χ4n) is 2.06. The highest BCUT2D eigenvalue weighted by molar-refractivity contribution is 5.35. The Morgan fingerprint density at radius 1 is 1.10 bits per heavy atom. The Morgan fingerprint density at radius 2 is 1.81 bits per heavy atom. The first-order chi connectivity index (χ1) is 9.84. The van der Waals surface area contributed by atoms with Gasteiger partial charge in [0.25, 0.3) is 0 Å². The van der Waals surface area contributed by atoms with E-state index in [0.717, 1.165) is 18.3 Å². The lowest BCUT2D eigenvalue weighted by Crippen LogP contribution is -2.20. The Bertz CT molecular complexity index is 640. The van der Waals surface area contributed by atoms with Gasteiger partial charge in [0.2, 0.25) is 0 Å². The summed E-state index contributed by atoms with van der Waals surface area (Å²) < 4.78 is 64.9. The summed E-state index contributed by atoms with van der Waals surface area (Å²) in [5, 5.41) is 2.75. The molecule has 1 N–H and O–H groups in total. The van der Waals surface area contributed by atoms with E-state index in [9.17, 15) is 22.0 Å². The molecule has 2 rings (SSSR count). The maximum absolute atomic E-state index is 13.7. The Kier molecular flexibility index (Phi) is 4.22. The smallest absolute Gasteiger partial charge is 0.309 e. The summed E-state index contributed by atoms with van der Waals surface area (Å²) in [5.41, 5.74) is -0.990. The first kappa shape index (κ1) is 15.4. The molecule has 1 aromatic heterocycles. The number of nitrogens with one attached hydrogen (secondary N) is 1. The van der Waals surface area contributed by atoms with E-state index >= 15 is 0 Å². The van der Waals surface area contributed by atoms with E-state index in [1.807, 2.05) is 0 Å². The Morgan fingerprint density at radius 3 is 2.33 bits per heavy atom. The number of halogens is 5. The first-order valence-electron chi connectivity index (χ1n) is 5.98. The van der Waals surface area contributed by atoms with Crippen LogP contribution in [0.15, 0.2) is 36.7 Å². The average molecular weight is 302 g/mol. The van der Waals surface area contributed by atoms with Crippen LogP contribution in [0.1, 0.15) is 22.7 Å². The van der Waals surface area contributed by atoms with E-state index in [1.54, 1.807) is 0 Å². The summed E-state index contributed by atoms with van der Waals surface area (Å²) in [6.07, 6.45) is -2.43. The SMILES string of the molecule is CNC(c1ccc(C(F)(F)F)c(F)c1)c1ccncc1F. The normalized spacial score (nSPS) is 13.2. The third-order valence-electron chi connectivity index (χ3n) is 3.04. The zero-order chi connectivity index (χ0) is 15.6. The molecule has 0 amide bonds. The van der Waals surface area contributed by atoms with Crippen molar-refractivity contribution < 1.29 is 22.0 Å². The second-order valence-corrected chi connectivity index (χ2v) is 4.36. The summed E-state index contributed by atoms with van der Waals surface area (Å²) in [6, 6.07) is 3.13. The van der Waals surface area contributed by atoms with Crippen LogP contribution in [-0.4, -0.2) is 12.0 Å². The second-order valence-electron chi connectivity index (χ2n) is 4.36. The van der Waals surface area contributed by atoms with E-state index in [-0.39, 0.29) is 11.1 Å². The van der Waals surface area contributed by atoms with Crippen molar-refractivity contribution in [2.75, 3.05) is 7.05 Å². The van der Waals surface area contributed by atoms with Crippen molar-refractivity contribution in [2.45, 2.75) is 12.2 Å². The third kappa shape index (κ3) is 3.18. The first-order valence-corrected chi connectivity index (χ1v) is 5.98. The van der Waals surface area contributed by atoms with E-state index in [1.165, 1.54) is 19.3 Å². The van der Waals surface area contributed by atoms with Crippen molar-refractivity contribution in [1.29, 1.82) is 0 Å². The standard InChI is InChI=1S/C14H11F5N2/c1-20-13(9-4-5-21-7-12(9)16)8-2-3-10(11(15)6-8)14(17,18)19/h2-7,13,20H,1H3. The summed E-state index contributed by atoms with van der Waals surface area (Å²) in [5.74, 6) is -2.02. The summed E-state index contributed by atoms with van der Waals surface area (Å²) in [6.45, 7) is 0. The molecule has 0 bridgehead atoms. The molecular weight excluding hydrogens is 291 g/mol. The van der Waals surface area contributed by atoms with Gasteiger partial charge in [-0.1, -0.05) is 6.07 Å². The molecule has 0 aliphatic carbocycles. The highest BCUT2D eigenvalue weighted by Crippen LogP contribution is 2.33. The van der Waals surface area contributed by atoms with Crippen molar-refractivity contribution in [3.05, 3.63) is 65.0 Å². The topological polar surface area (TPSA) is 24.9 Å². The molecule has 2 aromatic rings. The van der Waals surface area contributed by atoms with Gasteiger partial charge < -0.3 is 5.32 Å². The van der Waals surface area contributed by atoms with Crippen LogP contribution in [0.3, 0.4) is 0 Å². The molecule has 1 heterocycles. The average Bonchev–Trinajstić information content (AvgIpc) is 2.40. The van der Waals surface area contributed by atoms with Crippen LogP contribution in [-0.2, 0) is 6.18 Å². The van der Waals surface area contributed by atoms with Crippen LogP contribution < -0.4 is 5.32 Å². The van der Waals surface area contributed by atoms with Crippen molar-refractivity contribution in [3.8, 4) is 0 Å². The van der Waals surface area contributed by atoms with Crippen LogP contribution in [0.5, 0.6) is 0 Å². The quantitative estimate of drug-likeness (QED) is 0.875. The minimum Gasteiger partial charge on any atom is -0.309 e. The lowest BCUT2D eigenvalue weighted by Gasteiger charge is -2.19. The Labute approximate surface area is 117 Å². The number of pyridine rings is 1. The highest BCUT2D eigenvalue weighted by atomic mass is 19.4. The van der Waals surface area contributed by atoms with Crippen LogP contribution in [0, 0.1) is 11.6 Å². The van der Waals surface area contributed by atoms with Crippen molar-refractivity contribution in [3.63, 3.8) is 0 Å². The van der Waals surface area contributed by atoms with E-state index in [2.05, 4.69) is 10.3 Å². The number of benzene rings is 1. The second kappa shape index (κ2) is 5.77. The Balaban J connectivity index is 2.45. The van der Waals surface area contributed by atoms with Crippen LogP contribution >= 0.6 is 0 Å². The van der Waals surface area contributed by atoms with Crippen LogP contribution in [0.25, 0.3) is 0 Å². The van der Waals surface area contributed by atoms with E-state index in [4.69, 9.17) is 0 Å². The minimum absolute atomic E-state index is 0.173. The fraction of sp³-hybridized carbons (Fsp3) is 0.214. The van der Waals surface area contributed by atoms with Gasteiger partial charge in [-0.2, -0.15) is 13.2 Å². The molecule has 1 atom stereocenters. The molecular formula is C14H11F5N2. The fourth-order valence-corrected chi connectivity index (χ4v) is 2.06. The predicted octanol–water partition coefficient (Wildman–Crippen LogP) is 3.69. The summed E-state index contributed by atoms with van der Waals surface area (Å²) >= 11 is 0. The maximum atomic E-state index is 13.7. The van der Waals surface area contributed by atoms with Crippen molar-refractivity contribution in [2.24, 2.45) is 0 Å². The van der Waals surface area contributed by atoms with Gasteiger partial charge in [-0.3, -0.25) is 4.98 Å². The van der Waals surface area contributed by atoms with Crippen LogP contribution in [0.2, 0.25) is 0 Å². The molecule has 7 heteroatoms. The summed E-state index contributed by atoms with van der Waals surface area (Å²) in [7, 11) is 1.50. The van der Waals surface area contributed by atoms with Gasteiger partial charge in [0.1, 0.15) is 11.6 Å². The molecule has 0 radical (unpaired) electrons. The molecule has 1 aromatic carbocycles. The minimum atomic E-state index is -4.76. The zero-order valence-corrected chi connectivity index (χ0v) is 10.9. The van der Waals surface area contributed by atoms with Gasteiger partial charge in [-0.05, 0) is 30.8 Å². The van der Waals surface area contributed by atoms with Gasteiger partial charge in [0.15, 0.2) is 0 Å². The van der Waals surface area contributed by atoms with Crippen LogP contribution in [0.4, 0.5) is 22.0 Å². The molecule has 1 unspecified atom stereocenters. The number of nitrogens with zero attached hydrogens (tertiary/aromatic N) is 1. The largest absolute Gasteiger partial charge is 0.419 e. The number of alkyl halides is 3. The predicted molar refractivity (Wildman–Crippen MR) is 66.5 cm³/mol. The van der Waals surface area contributed by atoms with Gasteiger partial charge >= 0.3 is 6.18 Å². The monoisotopic (exact) mass is 302 g/mol. The molecule has 0 fully saturated rings. The molecule has 0 aliphatic rings. The number of hydrogen-bond acceptors (Lipinski definition) is 2. The number of hydrogen-bond donors (Lipinski definition) is 1. The van der Waals surface area contributed by atoms with E-state index in [0.29, 0.717) is 6.07 Å². The molecule has 0 spiro atoms. The molecule has 2 nitrogen and oxygen atoms in total. The lowest BCUT2D eigenvalue weighted by atomic mass is 9.98. The zero-order valence-electron chi connectivity index (χ0n) is 10.9. The highest BCUT2D eigenvalue weighted by Gasteiger charge is 2.34. The number of aromatic nitrogens is 1. The molecule has 112 valence electrons. The van der Waals surface area contributed by atoms with Gasteiger partial charge in [-0.15, -0.1) is 0 Å². The maximum Gasteiger partial charge on any atom is 0.419 e. The van der Waals surface area contributed by atoms with Gasteiger partial charge in [-0.25, -0.2) is 8.78 Å². The molecule has 21 heavy (non-hydrogen) atoms. The molecule has 0 saturated heterocycles. The Hall–Kier alpha value is -2.02. The lowest BCUT2D eigenvalue weighted by molar-refractivity contribution is -0.140.